The second kappa shape index (κ2) is 11.7. The molecule has 1 unspecified atom stereocenters. The number of nitrogens with zero attached hydrogens (tertiary/aromatic N) is 3. The first-order valence-electron chi connectivity index (χ1n) is 12.1. The fourth-order valence-corrected chi connectivity index (χ4v) is 4.66. The van der Waals surface area contributed by atoms with Crippen LogP contribution < -0.4 is 4.74 Å². The predicted molar refractivity (Wildman–Crippen MR) is 135 cm³/mol. The lowest BCUT2D eigenvalue weighted by Gasteiger charge is -2.39. The van der Waals surface area contributed by atoms with E-state index in [1.54, 1.807) is 0 Å². The minimum Gasteiger partial charge on any atom is -0.488 e. The standard InChI is InChI=1S/C27H39ClN3O/c1-5-15-30-26-20-23(28)12-13-25(26)29-27(30)21-31(16-6-2,17-14-22(3)4)18-19-32-24-10-8-7-9-11-24/h7-13,20,22H,5-6,14-19,21H2,1-4H3/q+1. The highest BCUT2D eigenvalue weighted by molar-refractivity contribution is 6.31. The van der Waals surface area contributed by atoms with Gasteiger partial charge in [0.1, 0.15) is 25.4 Å². The molecule has 0 saturated carbocycles. The molecule has 3 rings (SSSR count). The third-order valence-corrected chi connectivity index (χ3v) is 6.40. The van der Waals surface area contributed by atoms with Crippen molar-refractivity contribution >= 4 is 22.6 Å². The van der Waals surface area contributed by atoms with Crippen LogP contribution >= 0.6 is 11.6 Å². The molecule has 1 aromatic heterocycles. The maximum Gasteiger partial charge on any atom is 0.165 e. The third-order valence-electron chi connectivity index (χ3n) is 6.17. The molecule has 174 valence electrons. The van der Waals surface area contributed by atoms with Crippen LogP contribution in [0.5, 0.6) is 5.75 Å². The zero-order chi connectivity index (χ0) is 23.0. The number of aryl methyl sites for hydroxylation is 1. The summed E-state index contributed by atoms with van der Waals surface area (Å²) in [7, 11) is 0. The number of fused-ring (bicyclic) bond motifs is 1. The van der Waals surface area contributed by atoms with Crippen LogP contribution in [0.25, 0.3) is 11.0 Å². The van der Waals surface area contributed by atoms with Crippen LogP contribution in [0.15, 0.2) is 48.5 Å². The molecule has 0 aliphatic heterocycles. The van der Waals surface area contributed by atoms with E-state index in [0.717, 1.165) is 71.9 Å². The van der Waals surface area contributed by atoms with Crippen LogP contribution in [0.1, 0.15) is 52.8 Å². The van der Waals surface area contributed by atoms with Crippen molar-refractivity contribution < 1.29 is 9.22 Å². The minimum atomic E-state index is 0.674. The molecule has 0 saturated heterocycles. The summed E-state index contributed by atoms with van der Waals surface area (Å²) in [6.07, 6.45) is 3.41. The number of imidazole rings is 1. The lowest BCUT2D eigenvalue weighted by atomic mass is 10.1. The Bertz CT molecular complexity index is 970. The average molecular weight is 457 g/mol. The van der Waals surface area contributed by atoms with Crippen LogP contribution in [0, 0.1) is 5.92 Å². The first-order valence-corrected chi connectivity index (χ1v) is 12.5. The third kappa shape index (κ3) is 6.49. The molecule has 4 nitrogen and oxygen atoms in total. The lowest BCUT2D eigenvalue weighted by Crippen LogP contribution is -2.51. The summed E-state index contributed by atoms with van der Waals surface area (Å²) >= 11 is 6.33. The van der Waals surface area contributed by atoms with Crippen LogP contribution in [0.4, 0.5) is 0 Å². The SMILES string of the molecule is CCCn1c(C[N+](CCC)(CCOc2ccccc2)CCC(C)C)nc2ccc(Cl)cc21. The summed E-state index contributed by atoms with van der Waals surface area (Å²) in [4.78, 5) is 5.08. The topological polar surface area (TPSA) is 27.1 Å². The highest BCUT2D eigenvalue weighted by atomic mass is 35.5. The highest BCUT2D eigenvalue weighted by Crippen LogP contribution is 2.25. The molecule has 0 aliphatic carbocycles. The predicted octanol–water partition coefficient (Wildman–Crippen LogP) is 6.95. The monoisotopic (exact) mass is 456 g/mol. The van der Waals surface area contributed by atoms with E-state index in [9.17, 15) is 0 Å². The molecule has 3 aromatic rings. The van der Waals surface area contributed by atoms with Crippen LogP contribution in [0.3, 0.4) is 0 Å². The van der Waals surface area contributed by atoms with Gasteiger partial charge >= 0.3 is 0 Å². The van der Waals surface area contributed by atoms with E-state index < -0.39 is 0 Å². The van der Waals surface area contributed by atoms with Gasteiger partial charge in [-0.1, -0.05) is 57.5 Å². The maximum absolute atomic E-state index is 6.33. The summed E-state index contributed by atoms with van der Waals surface area (Å²) in [5.41, 5.74) is 2.19. The summed E-state index contributed by atoms with van der Waals surface area (Å²) in [6, 6.07) is 16.2. The summed E-state index contributed by atoms with van der Waals surface area (Å²) in [5.74, 6) is 2.78. The van der Waals surface area contributed by atoms with Gasteiger partial charge in [0.25, 0.3) is 0 Å². The average Bonchev–Trinajstić information content (AvgIpc) is 3.09. The summed E-state index contributed by atoms with van der Waals surface area (Å²) < 4.78 is 9.53. The highest BCUT2D eigenvalue weighted by Gasteiger charge is 2.30. The second-order valence-corrected chi connectivity index (χ2v) is 9.76. The molecule has 0 radical (unpaired) electrons. The van der Waals surface area contributed by atoms with E-state index in [2.05, 4.69) is 44.4 Å². The Kier molecular flexibility index (Phi) is 9.01. The first-order chi connectivity index (χ1) is 15.5. The number of hydrogen-bond acceptors (Lipinski definition) is 2. The Balaban J connectivity index is 1.90. The van der Waals surface area contributed by atoms with E-state index in [-0.39, 0.29) is 0 Å². The van der Waals surface area contributed by atoms with E-state index in [0.29, 0.717) is 12.5 Å². The van der Waals surface area contributed by atoms with E-state index in [1.807, 2.05) is 36.4 Å². The van der Waals surface area contributed by atoms with Crippen molar-refractivity contribution in [3.63, 3.8) is 0 Å². The number of benzene rings is 2. The quantitative estimate of drug-likeness (QED) is 0.260. The molecule has 5 heteroatoms. The van der Waals surface area contributed by atoms with Gasteiger partial charge in [-0.2, -0.15) is 0 Å². The maximum atomic E-state index is 6.33. The Morgan fingerprint density at radius 1 is 1.00 bits per heavy atom. The van der Waals surface area contributed by atoms with Gasteiger partial charge < -0.3 is 13.8 Å². The van der Waals surface area contributed by atoms with Gasteiger partial charge in [0.05, 0.1) is 24.1 Å². The van der Waals surface area contributed by atoms with Gasteiger partial charge in [-0.25, -0.2) is 4.98 Å². The minimum absolute atomic E-state index is 0.674. The van der Waals surface area contributed by atoms with Gasteiger partial charge in [-0.3, -0.25) is 0 Å². The Morgan fingerprint density at radius 2 is 1.78 bits per heavy atom. The van der Waals surface area contributed by atoms with Crippen LogP contribution in [-0.4, -0.2) is 40.3 Å². The molecule has 1 atom stereocenters. The molecule has 0 N–H and O–H groups in total. The largest absolute Gasteiger partial charge is 0.488 e. The van der Waals surface area contributed by atoms with E-state index >= 15 is 0 Å². The molecule has 0 amide bonds. The Labute approximate surface area is 198 Å². The van der Waals surface area contributed by atoms with Crippen molar-refractivity contribution in [2.75, 3.05) is 26.2 Å². The van der Waals surface area contributed by atoms with Gasteiger partial charge in [-0.05, 0) is 55.5 Å². The number of aromatic nitrogens is 2. The van der Waals surface area contributed by atoms with Crippen LogP contribution in [-0.2, 0) is 13.1 Å². The van der Waals surface area contributed by atoms with Crippen LogP contribution in [0.2, 0.25) is 5.02 Å². The van der Waals surface area contributed by atoms with E-state index in [1.165, 1.54) is 12.2 Å². The van der Waals surface area contributed by atoms with Gasteiger partial charge in [-0.15, -0.1) is 0 Å². The lowest BCUT2D eigenvalue weighted by molar-refractivity contribution is -0.942. The first kappa shape index (κ1) is 24.6. The second-order valence-electron chi connectivity index (χ2n) is 9.33. The number of hydrogen-bond donors (Lipinski definition) is 0. The summed E-state index contributed by atoms with van der Waals surface area (Å²) in [6.45, 7) is 15.0. The molecule has 32 heavy (non-hydrogen) atoms. The van der Waals surface area contributed by atoms with Gasteiger partial charge in [0.2, 0.25) is 0 Å². The van der Waals surface area contributed by atoms with Gasteiger partial charge in [0.15, 0.2) is 5.82 Å². The number of quaternary nitrogens is 1. The Morgan fingerprint density at radius 3 is 2.47 bits per heavy atom. The number of para-hydroxylation sites is 1. The molecule has 0 fully saturated rings. The molecule has 2 aromatic carbocycles. The zero-order valence-corrected chi connectivity index (χ0v) is 20.9. The number of halogens is 1. The zero-order valence-electron chi connectivity index (χ0n) is 20.2. The smallest absolute Gasteiger partial charge is 0.165 e. The molecule has 0 bridgehead atoms. The number of rotatable bonds is 13. The molecule has 0 spiro atoms. The normalized spacial score (nSPS) is 13.6. The fraction of sp³-hybridized carbons (Fsp3) is 0.519. The molecular formula is C27H39ClN3O+. The van der Waals surface area contributed by atoms with Crippen molar-refractivity contribution in [3.8, 4) is 5.75 Å². The number of ether oxygens (including phenoxy) is 1. The molecular weight excluding hydrogens is 418 g/mol. The summed E-state index contributed by atoms with van der Waals surface area (Å²) in [5, 5.41) is 0.770. The van der Waals surface area contributed by atoms with Crippen molar-refractivity contribution in [2.24, 2.45) is 5.92 Å². The van der Waals surface area contributed by atoms with Gasteiger partial charge in [0, 0.05) is 11.6 Å². The molecule has 0 aliphatic rings. The Hall–Kier alpha value is -2.04. The van der Waals surface area contributed by atoms with E-state index in [4.69, 9.17) is 21.3 Å². The molecule has 1 heterocycles. The fourth-order valence-electron chi connectivity index (χ4n) is 4.49. The van der Waals surface area contributed by atoms with Crippen molar-refractivity contribution in [1.29, 1.82) is 0 Å². The van der Waals surface area contributed by atoms with Crippen molar-refractivity contribution in [3.05, 3.63) is 59.4 Å². The van der Waals surface area contributed by atoms with Crippen molar-refractivity contribution in [2.45, 2.75) is 60.0 Å². The van der Waals surface area contributed by atoms with Crippen molar-refractivity contribution in [1.82, 2.24) is 9.55 Å².